The molecule has 2 atom stereocenters. The second-order valence-electron chi connectivity index (χ2n) is 9.08. The van der Waals surface area contributed by atoms with Gasteiger partial charge in [0.2, 0.25) is 0 Å². The standard InChI is InChI=1S/C19H36N2O3SSi/c1-9-21-12-10-11-16(17(21)22)15(13-19(5,6)25(20)23)14-24-26(7,8)18(2,3)4/h10-12,15H,9,13-14,20H2,1-8H3/t15-,25?/m1/s1. The number of rotatable bonds is 8. The van der Waals surface area contributed by atoms with Gasteiger partial charge in [-0.2, -0.15) is 0 Å². The molecular weight excluding hydrogens is 364 g/mol. The molecule has 0 radical (unpaired) electrons. The van der Waals surface area contributed by atoms with Gasteiger partial charge in [-0.15, -0.1) is 0 Å². The molecular formula is C19H36N2O3SSi. The van der Waals surface area contributed by atoms with Crippen LogP contribution in [0.4, 0.5) is 0 Å². The lowest BCUT2D eigenvalue weighted by Gasteiger charge is -2.38. The summed E-state index contributed by atoms with van der Waals surface area (Å²) in [7, 11) is -3.44. The van der Waals surface area contributed by atoms with Gasteiger partial charge in [0.25, 0.3) is 5.56 Å². The van der Waals surface area contributed by atoms with E-state index in [9.17, 15) is 9.00 Å². The third-order valence-electron chi connectivity index (χ3n) is 5.56. The Hall–Kier alpha value is -0.763. The molecule has 0 aliphatic carbocycles. The lowest BCUT2D eigenvalue weighted by atomic mass is 9.91. The third-order valence-corrected chi connectivity index (χ3v) is 11.3. The Bertz CT molecular complexity index is 693. The number of hydrogen-bond donors (Lipinski definition) is 1. The van der Waals surface area contributed by atoms with Gasteiger partial charge in [-0.3, -0.25) is 9.93 Å². The van der Waals surface area contributed by atoms with E-state index in [0.717, 1.165) is 0 Å². The molecule has 0 saturated heterocycles. The maximum absolute atomic E-state index is 12.8. The molecule has 150 valence electrons. The molecule has 26 heavy (non-hydrogen) atoms. The lowest BCUT2D eigenvalue weighted by Crippen LogP contribution is -2.43. The van der Waals surface area contributed by atoms with Gasteiger partial charge < -0.3 is 8.99 Å². The number of nitrogens with zero attached hydrogens (tertiary/aromatic N) is 1. The molecule has 1 unspecified atom stereocenters. The Morgan fingerprint density at radius 1 is 1.27 bits per heavy atom. The molecule has 1 aromatic rings. The summed E-state index contributed by atoms with van der Waals surface area (Å²) in [5, 5.41) is 5.79. The summed E-state index contributed by atoms with van der Waals surface area (Å²) < 4.78 is 19.5. The van der Waals surface area contributed by atoms with E-state index in [2.05, 4.69) is 33.9 Å². The van der Waals surface area contributed by atoms with E-state index in [1.807, 2.05) is 32.9 Å². The Kier molecular flexibility index (Phi) is 7.61. The van der Waals surface area contributed by atoms with Crippen LogP contribution < -0.4 is 10.7 Å². The van der Waals surface area contributed by atoms with Crippen molar-refractivity contribution in [2.24, 2.45) is 5.14 Å². The zero-order valence-electron chi connectivity index (χ0n) is 17.6. The molecule has 1 aromatic heterocycles. The predicted octanol–water partition coefficient (Wildman–Crippen LogP) is 3.76. The van der Waals surface area contributed by atoms with Crippen LogP contribution in [0.3, 0.4) is 0 Å². The van der Waals surface area contributed by atoms with Gasteiger partial charge >= 0.3 is 0 Å². The smallest absolute Gasteiger partial charge is 0.254 e. The average molecular weight is 401 g/mol. The molecule has 2 N–H and O–H groups in total. The lowest BCUT2D eigenvalue weighted by molar-refractivity contribution is 0.249. The van der Waals surface area contributed by atoms with E-state index >= 15 is 0 Å². The highest BCUT2D eigenvalue weighted by molar-refractivity contribution is 7.84. The van der Waals surface area contributed by atoms with Crippen LogP contribution in [0.25, 0.3) is 0 Å². The van der Waals surface area contributed by atoms with Gasteiger partial charge in [0, 0.05) is 30.8 Å². The first kappa shape index (κ1) is 23.3. The Morgan fingerprint density at radius 2 is 1.85 bits per heavy atom. The van der Waals surface area contributed by atoms with E-state index in [1.54, 1.807) is 10.8 Å². The van der Waals surface area contributed by atoms with Crippen molar-refractivity contribution < 1.29 is 8.63 Å². The van der Waals surface area contributed by atoms with Crippen LogP contribution in [-0.2, 0) is 22.0 Å². The fraction of sp³-hybridized carbons (Fsp3) is 0.737. The normalized spacial score (nSPS) is 15.7. The van der Waals surface area contributed by atoms with Crippen molar-refractivity contribution in [3.63, 3.8) is 0 Å². The zero-order valence-corrected chi connectivity index (χ0v) is 19.4. The maximum atomic E-state index is 12.8. The van der Waals surface area contributed by atoms with E-state index in [0.29, 0.717) is 25.1 Å². The maximum Gasteiger partial charge on any atom is 0.254 e. The monoisotopic (exact) mass is 400 g/mol. The largest absolute Gasteiger partial charge is 0.416 e. The number of aryl methyl sites for hydroxylation is 1. The summed E-state index contributed by atoms with van der Waals surface area (Å²) >= 11 is 0. The van der Waals surface area contributed by atoms with Crippen molar-refractivity contribution in [2.45, 2.75) is 83.3 Å². The Balaban J connectivity index is 3.24. The predicted molar refractivity (Wildman–Crippen MR) is 113 cm³/mol. The van der Waals surface area contributed by atoms with Crippen molar-refractivity contribution in [3.05, 3.63) is 34.2 Å². The van der Waals surface area contributed by atoms with E-state index < -0.39 is 24.1 Å². The van der Waals surface area contributed by atoms with E-state index in [4.69, 9.17) is 9.56 Å². The van der Waals surface area contributed by atoms with Gasteiger partial charge in [0.1, 0.15) is 0 Å². The molecule has 0 amide bonds. The average Bonchev–Trinajstić information content (AvgIpc) is 2.50. The molecule has 5 nitrogen and oxygen atoms in total. The Morgan fingerprint density at radius 3 is 2.31 bits per heavy atom. The topological polar surface area (TPSA) is 74.3 Å². The van der Waals surface area contributed by atoms with E-state index in [-0.39, 0.29) is 16.5 Å². The van der Waals surface area contributed by atoms with Crippen LogP contribution in [0.1, 0.15) is 59.4 Å². The van der Waals surface area contributed by atoms with Crippen LogP contribution in [-0.4, -0.2) is 28.4 Å². The van der Waals surface area contributed by atoms with Crippen molar-refractivity contribution in [2.75, 3.05) is 6.61 Å². The number of pyridine rings is 1. The van der Waals surface area contributed by atoms with Gasteiger partial charge in [-0.05, 0) is 51.4 Å². The van der Waals surface area contributed by atoms with Crippen LogP contribution in [0, 0.1) is 0 Å². The van der Waals surface area contributed by atoms with Crippen LogP contribution in [0.15, 0.2) is 23.1 Å². The van der Waals surface area contributed by atoms with Crippen molar-refractivity contribution in [1.29, 1.82) is 0 Å². The summed E-state index contributed by atoms with van der Waals surface area (Å²) in [5.41, 5.74) is 0.712. The summed E-state index contributed by atoms with van der Waals surface area (Å²) in [4.78, 5) is 12.8. The summed E-state index contributed by atoms with van der Waals surface area (Å²) in [6, 6.07) is 3.76. The molecule has 0 fully saturated rings. The second kappa shape index (κ2) is 8.50. The molecule has 0 aliphatic heterocycles. The highest BCUT2D eigenvalue weighted by Crippen LogP contribution is 2.38. The van der Waals surface area contributed by atoms with Gasteiger partial charge in [-0.25, -0.2) is 4.21 Å². The molecule has 0 bridgehead atoms. The minimum atomic E-state index is -1.96. The number of aromatic nitrogens is 1. The quantitative estimate of drug-likeness (QED) is 0.675. The zero-order chi connectivity index (χ0) is 20.3. The fourth-order valence-electron chi connectivity index (χ4n) is 2.57. The molecule has 0 saturated carbocycles. The van der Waals surface area contributed by atoms with Gasteiger partial charge in [0.15, 0.2) is 8.32 Å². The minimum Gasteiger partial charge on any atom is -0.416 e. The molecule has 7 heteroatoms. The highest BCUT2D eigenvalue weighted by Gasteiger charge is 2.39. The minimum absolute atomic E-state index is 0.00237. The molecule has 0 spiro atoms. The van der Waals surface area contributed by atoms with Crippen molar-refractivity contribution in [1.82, 2.24) is 4.57 Å². The molecule has 0 aromatic carbocycles. The highest BCUT2D eigenvalue weighted by atomic mass is 32.2. The summed E-state index contributed by atoms with van der Waals surface area (Å²) in [5.74, 6) is -0.141. The SMILES string of the molecule is CCn1cccc([C@@H](CO[Si](C)(C)C(C)(C)C)CC(C)(C)S(N)=O)c1=O. The number of hydrogen-bond acceptors (Lipinski definition) is 3. The van der Waals surface area contributed by atoms with Crippen molar-refractivity contribution in [3.8, 4) is 0 Å². The Labute approximate surface area is 162 Å². The fourth-order valence-corrected chi connectivity index (χ4v) is 3.99. The number of nitrogens with two attached hydrogens (primary N) is 1. The van der Waals surface area contributed by atoms with Crippen molar-refractivity contribution >= 4 is 19.3 Å². The van der Waals surface area contributed by atoms with E-state index in [1.165, 1.54) is 0 Å². The second-order valence-corrected chi connectivity index (χ2v) is 15.6. The first-order valence-electron chi connectivity index (χ1n) is 9.22. The summed E-state index contributed by atoms with van der Waals surface area (Å²) in [6.45, 7) is 17.8. The van der Waals surface area contributed by atoms with Gasteiger partial charge in [-0.1, -0.05) is 26.8 Å². The first-order valence-corrected chi connectivity index (χ1v) is 13.3. The van der Waals surface area contributed by atoms with Crippen LogP contribution >= 0.6 is 0 Å². The summed E-state index contributed by atoms with van der Waals surface area (Å²) in [6.07, 6.45) is 2.33. The molecule has 0 aliphatic rings. The third kappa shape index (κ3) is 5.61. The van der Waals surface area contributed by atoms with Gasteiger partial charge in [0.05, 0.1) is 15.7 Å². The molecule has 1 heterocycles. The molecule has 1 rings (SSSR count). The van der Waals surface area contributed by atoms with Crippen LogP contribution in [0.2, 0.25) is 18.1 Å². The first-order chi connectivity index (χ1) is 11.7. The van der Waals surface area contributed by atoms with Crippen LogP contribution in [0.5, 0.6) is 0 Å².